The Balaban J connectivity index is 2.18. The summed E-state index contributed by atoms with van der Waals surface area (Å²) >= 11 is 0. The molecule has 1 atom stereocenters. The predicted molar refractivity (Wildman–Crippen MR) is 101 cm³/mol. The van der Waals surface area contributed by atoms with Gasteiger partial charge in [0, 0.05) is 17.7 Å². The second kappa shape index (κ2) is 7.55. The molecule has 0 aromatic heterocycles. The number of rotatable bonds is 5. The fourth-order valence-electron chi connectivity index (χ4n) is 3.18. The lowest BCUT2D eigenvalue weighted by atomic mass is 9.95. The smallest absolute Gasteiger partial charge is 0.323 e. The number of carboxylic acid groups (broad SMARTS) is 1. The van der Waals surface area contributed by atoms with Gasteiger partial charge in [-0.2, -0.15) is 0 Å². The normalized spacial score (nSPS) is 18.1. The third kappa shape index (κ3) is 3.70. The van der Waals surface area contributed by atoms with Crippen molar-refractivity contribution in [2.24, 2.45) is 0 Å². The molecule has 1 saturated heterocycles. The minimum absolute atomic E-state index is 0.206. The van der Waals surface area contributed by atoms with E-state index in [4.69, 9.17) is 5.11 Å². The van der Waals surface area contributed by atoms with Gasteiger partial charge in [0.25, 0.3) is 17.4 Å². The Hall–Kier alpha value is -4.01. The Morgan fingerprint density at radius 3 is 2.17 bits per heavy atom. The average Bonchev–Trinajstić information content (AvgIpc) is 2.92. The van der Waals surface area contributed by atoms with E-state index < -0.39 is 40.9 Å². The van der Waals surface area contributed by atoms with Crippen LogP contribution in [0.25, 0.3) is 5.76 Å². The van der Waals surface area contributed by atoms with Gasteiger partial charge in [-0.05, 0) is 24.6 Å². The van der Waals surface area contributed by atoms with Crippen LogP contribution in [0.3, 0.4) is 0 Å². The van der Waals surface area contributed by atoms with Crippen LogP contribution in [-0.4, -0.2) is 44.2 Å². The average molecular weight is 396 g/mol. The molecule has 2 aromatic carbocycles. The van der Waals surface area contributed by atoms with E-state index in [9.17, 15) is 29.6 Å². The predicted octanol–water partition coefficient (Wildman–Crippen LogP) is 2.41. The second-order valence-electron chi connectivity index (χ2n) is 6.54. The van der Waals surface area contributed by atoms with E-state index in [1.807, 2.05) is 6.92 Å². The summed E-state index contributed by atoms with van der Waals surface area (Å²) in [6.45, 7) is 1.07. The Bertz CT molecular complexity index is 1040. The van der Waals surface area contributed by atoms with Crippen LogP contribution < -0.4 is 0 Å². The molecular formula is C20H16N2O7. The van der Waals surface area contributed by atoms with E-state index in [1.54, 1.807) is 24.3 Å². The molecule has 1 fully saturated rings. The quantitative estimate of drug-likeness (QED) is 0.260. The summed E-state index contributed by atoms with van der Waals surface area (Å²) in [4.78, 5) is 47.4. The number of ketones is 1. The SMILES string of the molecule is Cc1ccc(/C(O)=C2\C(=O)C(=O)N(CC(=O)O)C2c2ccc([N+](=O)[O-])cc2)cc1. The van der Waals surface area contributed by atoms with Gasteiger partial charge in [-0.25, -0.2) is 0 Å². The highest BCUT2D eigenvalue weighted by Gasteiger charge is 2.46. The maximum atomic E-state index is 12.6. The molecule has 1 aliphatic rings. The number of nitro benzene ring substituents is 1. The van der Waals surface area contributed by atoms with Crippen LogP contribution in [0.2, 0.25) is 0 Å². The number of non-ortho nitro benzene ring substituents is 1. The number of aryl methyl sites for hydroxylation is 1. The molecule has 1 amide bonds. The third-order valence-electron chi connectivity index (χ3n) is 4.59. The standard InChI is InChI=1S/C20H16N2O7/c1-11-2-4-13(5-3-11)18(25)16-17(12-6-8-14(9-7-12)22(28)29)21(10-15(23)24)20(27)19(16)26/h2-9,17,25H,10H2,1H3,(H,23,24)/b18-16+. The topological polar surface area (TPSA) is 138 Å². The number of aliphatic carboxylic acids is 1. The van der Waals surface area contributed by atoms with E-state index in [2.05, 4.69) is 0 Å². The van der Waals surface area contributed by atoms with Crippen molar-refractivity contribution in [1.82, 2.24) is 4.90 Å². The van der Waals surface area contributed by atoms with Crippen molar-refractivity contribution in [3.63, 3.8) is 0 Å². The van der Waals surface area contributed by atoms with Crippen LogP contribution in [0.4, 0.5) is 5.69 Å². The van der Waals surface area contributed by atoms with Crippen molar-refractivity contribution in [2.75, 3.05) is 6.54 Å². The molecule has 2 aromatic rings. The molecule has 0 bridgehead atoms. The molecule has 1 unspecified atom stereocenters. The van der Waals surface area contributed by atoms with Gasteiger partial charge >= 0.3 is 5.97 Å². The fraction of sp³-hybridized carbons (Fsp3) is 0.150. The minimum atomic E-state index is -1.34. The first-order chi connectivity index (χ1) is 13.7. The Kier molecular flexibility index (Phi) is 5.14. The minimum Gasteiger partial charge on any atom is -0.507 e. The van der Waals surface area contributed by atoms with Gasteiger partial charge in [-0.15, -0.1) is 0 Å². The van der Waals surface area contributed by atoms with Gasteiger partial charge in [0.2, 0.25) is 0 Å². The van der Waals surface area contributed by atoms with Gasteiger partial charge < -0.3 is 15.1 Å². The van der Waals surface area contributed by atoms with Crippen LogP contribution in [0, 0.1) is 17.0 Å². The first-order valence-corrected chi connectivity index (χ1v) is 8.52. The third-order valence-corrected chi connectivity index (χ3v) is 4.59. The molecule has 0 spiro atoms. The first kappa shape index (κ1) is 19.7. The van der Waals surface area contributed by atoms with Crippen LogP contribution >= 0.6 is 0 Å². The molecule has 0 aliphatic carbocycles. The van der Waals surface area contributed by atoms with E-state index in [0.29, 0.717) is 0 Å². The zero-order valence-corrected chi connectivity index (χ0v) is 15.2. The summed E-state index contributed by atoms with van der Waals surface area (Å²) in [6, 6.07) is 10.4. The van der Waals surface area contributed by atoms with Crippen LogP contribution in [-0.2, 0) is 14.4 Å². The number of carbonyl (C=O) groups excluding carboxylic acids is 2. The number of likely N-dealkylation sites (tertiary alicyclic amines) is 1. The van der Waals surface area contributed by atoms with Gasteiger partial charge in [0.1, 0.15) is 12.3 Å². The van der Waals surface area contributed by atoms with E-state index in [1.165, 1.54) is 24.3 Å². The van der Waals surface area contributed by atoms with Crippen molar-refractivity contribution in [3.8, 4) is 0 Å². The molecule has 148 valence electrons. The highest BCUT2D eigenvalue weighted by molar-refractivity contribution is 6.46. The summed E-state index contributed by atoms with van der Waals surface area (Å²) in [6.07, 6.45) is 0. The van der Waals surface area contributed by atoms with Crippen molar-refractivity contribution in [2.45, 2.75) is 13.0 Å². The molecular weight excluding hydrogens is 380 g/mol. The van der Waals surface area contributed by atoms with Crippen molar-refractivity contribution >= 4 is 29.1 Å². The maximum Gasteiger partial charge on any atom is 0.323 e. The Morgan fingerprint density at radius 2 is 1.66 bits per heavy atom. The monoisotopic (exact) mass is 396 g/mol. The largest absolute Gasteiger partial charge is 0.507 e. The Morgan fingerprint density at radius 1 is 1.07 bits per heavy atom. The van der Waals surface area contributed by atoms with Crippen molar-refractivity contribution in [3.05, 3.63) is 80.9 Å². The van der Waals surface area contributed by atoms with Gasteiger partial charge in [-0.3, -0.25) is 24.5 Å². The first-order valence-electron chi connectivity index (χ1n) is 8.52. The molecule has 1 heterocycles. The highest BCUT2D eigenvalue weighted by Crippen LogP contribution is 2.39. The number of aliphatic hydroxyl groups is 1. The lowest BCUT2D eigenvalue weighted by Gasteiger charge is -2.23. The van der Waals surface area contributed by atoms with E-state index >= 15 is 0 Å². The zero-order valence-electron chi connectivity index (χ0n) is 15.2. The number of benzene rings is 2. The van der Waals surface area contributed by atoms with E-state index in [-0.39, 0.29) is 22.4 Å². The van der Waals surface area contributed by atoms with Gasteiger partial charge in [0.05, 0.1) is 16.5 Å². The van der Waals surface area contributed by atoms with Gasteiger partial charge in [0.15, 0.2) is 0 Å². The number of aliphatic hydroxyl groups excluding tert-OH is 1. The molecule has 9 nitrogen and oxygen atoms in total. The number of nitrogens with zero attached hydrogens (tertiary/aromatic N) is 2. The molecule has 29 heavy (non-hydrogen) atoms. The molecule has 0 saturated carbocycles. The summed E-state index contributed by atoms with van der Waals surface area (Å²) in [5.41, 5.74) is 0.997. The molecule has 2 N–H and O–H groups in total. The number of carboxylic acids is 1. The van der Waals surface area contributed by atoms with Crippen molar-refractivity contribution < 1.29 is 29.5 Å². The summed E-state index contributed by atoms with van der Waals surface area (Å²) in [7, 11) is 0. The van der Waals surface area contributed by atoms with Crippen LogP contribution in [0.15, 0.2) is 54.1 Å². The molecule has 3 rings (SSSR count). The number of hydrogen-bond acceptors (Lipinski definition) is 6. The summed E-state index contributed by atoms with van der Waals surface area (Å²) < 4.78 is 0. The number of Topliss-reactive ketones (excluding diaryl/α,β-unsaturated/α-hetero) is 1. The van der Waals surface area contributed by atoms with Crippen LogP contribution in [0.1, 0.15) is 22.7 Å². The van der Waals surface area contributed by atoms with Crippen LogP contribution in [0.5, 0.6) is 0 Å². The Labute approximate surface area is 164 Å². The number of nitro groups is 1. The number of amides is 1. The zero-order chi connectivity index (χ0) is 21.3. The van der Waals surface area contributed by atoms with Crippen molar-refractivity contribution in [1.29, 1.82) is 0 Å². The van der Waals surface area contributed by atoms with Gasteiger partial charge in [-0.1, -0.05) is 29.8 Å². The fourth-order valence-corrected chi connectivity index (χ4v) is 3.18. The lowest BCUT2D eigenvalue weighted by molar-refractivity contribution is -0.384. The number of carbonyl (C=O) groups is 3. The molecule has 0 radical (unpaired) electrons. The summed E-state index contributed by atoms with van der Waals surface area (Å²) in [5, 5.41) is 30.8. The second-order valence-corrected chi connectivity index (χ2v) is 6.54. The van der Waals surface area contributed by atoms with E-state index in [0.717, 1.165) is 10.5 Å². The maximum absolute atomic E-state index is 12.6. The highest BCUT2D eigenvalue weighted by atomic mass is 16.6. The lowest BCUT2D eigenvalue weighted by Crippen LogP contribution is -2.34. The summed E-state index contributed by atoms with van der Waals surface area (Å²) in [5.74, 6) is -3.87. The number of hydrogen-bond donors (Lipinski definition) is 2. The molecule has 1 aliphatic heterocycles. The molecule has 9 heteroatoms.